The first-order valence-electron chi connectivity index (χ1n) is 12.6. The van der Waals surface area contributed by atoms with Gasteiger partial charge in [0.25, 0.3) is 0 Å². The van der Waals surface area contributed by atoms with E-state index in [2.05, 4.69) is 20.4 Å². The first kappa shape index (κ1) is 25.2. The van der Waals surface area contributed by atoms with E-state index in [0.29, 0.717) is 13.1 Å². The number of para-hydroxylation sites is 1. The number of likely N-dealkylation sites (tertiary alicyclic amines) is 1. The third-order valence-electron chi connectivity index (χ3n) is 6.94. The molecule has 2 aromatic rings. The Balaban J connectivity index is 1.18. The number of hydrogen-bond donors (Lipinski definition) is 3. The molecule has 0 radical (unpaired) electrons. The second-order valence-electron chi connectivity index (χ2n) is 9.55. The van der Waals surface area contributed by atoms with Gasteiger partial charge in [-0.3, -0.25) is 9.69 Å². The molecule has 0 saturated carbocycles. The zero-order valence-electron chi connectivity index (χ0n) is 20.5. The van der Waals surface area contributed by atoms with Gasteiger partial charge in [-0.05, 0) is 24.5 Å². The number of piperidine rings is 1. The van der Waals surface area contributed by atoms with E-state index >= 15 is 0 Å². The van der Waals surface area contributed by atoms with Crippen LogP contribution in [0.3, 0.4) is 0 Å². The van der Waals surface area contributed by atoms with Crippen LogP contribution in [0.4, 0.5) is 10.5 Å². The first-order valence-corrected chi connectivity index (χ1v) is 12.6. The molecule has 1 unspecified atom stereocenters. The Bertz CT molecular complexity index is 970. The molecule has 2 aliphatic heterocycles. The summed E-state index contributed by atoms with van der Waals surface area (Å²) in [6, 6.07) is 17.8. The molecule has 2 heterocycles. The van der Waals surface area contributed by atoms with E-state index in [9.17, 15) is 14.7 Å². The standard InChI is InChI=1S/C27H37N5O3/c1-21(33)32-17-15-31(16-18-32)20-24(34)19-30-13-11-23(12-14-30)28-27(35)29-26-10-6-5-9-25(26)22-7-3-2-4-8-22/h2-10,23-24,34H,11-20H2,1H3,(H2,28,29,35). The molecule has 0 aromatic heterocycles. The lowest BCUT2D eigenvalue weighted by Gasteiger charge is -2.37. The molecule has 2 saturated heterocycles. The fourth-order valence-corrected chi connectivity index (χ4v) is 4.96. The number of benzene rings is 2. The van der Waals surface area contributed by atoms with Crippen LogP contribution in [0.5, 0.6) is 0 Å². The maximum atomic E-state index is 12.7. The largest absolute Gasteiger partial charge is 0.390 e. The van der Waals surface area contributed by atoms with Crippen molar-refractivity contribution in [1.82, 2.24) is 20.0 Å². The number of anilines is 1. The minimum atomic E-state index is -0.416. The van der Waals surface area contributed by atoms with Crippen molar-refractivity contribution in [3.8, 4) is 11.1 Å². The van der Waals surface area contributed by atoms with Gasteiger partial charge >= 0.3 is 6.03 Å². The fraction of sp³-hybridized carbons (Fsp3) is 0.481. The summed E-state index contributed by atoms with van der Waals surface area (Å²) in [6.45, 7) is 7.66. The number of carbonyl (C=O) groups is 2. The molecular formula is C27H37N5O3. The van der Waals surface area contributed by atoms with Crippen molar-refractivity contribution in [2.75, 3.05) is 57.7 Å². The van der Waals surface area contributed by atoms with Crippen LogP contribution in [0.2, 0.25) is 0 Å². The summed E-state index contributed by atoms with van der Waals surface area (Å²) in [5.74, 6) is 0.121. The second-order valence-corrected chi connectivity index (χ2v) is 9.55. The van der Waals surface area contributed by atoms with Crippen molar-refractivity contribution in [1.29, 1.82) is 0 Å². The highest BCUT2D eigenvalue weighted by Crippen LogP contribution is 2.27. The predicted molar refractivity (Wildman–Crippen MR) is 138 cm³/mol. The number of carbonyl (C=O) groups excluding carboxylic acids is 2. The van der Waals surface area contributed by atoms with Crippen LogP contribution in [0.1, 0.15) is 19.8 Å². The topological polar surface area (TPSA) is 88.2 Å². The summed E-state index contributed by atoms with van der Waals surface area (Å²) in [6.07, 6.45) is 1.30. The van der Waals surface area contributed by atoms with Gasteiger partial charge in [0.05, 0.1) is 11.8 Å². The van der Waals surface area contributed by atoms with Gasteiger partial charge in [0.15, 0.2) is 0 Å². The Kier molecular flexibility index (Phi) is 8.74. The summed E-state index contributed by atoms with van der Waals surface area (Å²) >= 11 is 0. The zero-order valence-corrected chi connectivity index (χ0v) is 20.5. The average Bonchev–Trinajstić information content (AvgIpc) is 2.86. The number of urea groups is 1. The van der Waals surface area contributed by atoms with E-state index in [1.165, 1.54) is 0 Å². The van der Waals surface area contributed by atoms with Crippen molar-refractivity contribution in [2.24, 2.45) is 0 Å². The van der Waals surface area contributed by atoms with Crippen LogP contribution in [0.25, 0.3) is 11.1 Å². The Hall–Kier alpha value is -2.94. The van der Waals surface area contributed by atoms with Crippen LogP contribution in [0.15, 0.2) is 54.6 Å². The van der Waals surface area contributed by atoms with Crippen molar-refractivity contribution < 1.29 is 14.7 Å². The Morgan fingerprint density at radius 1 is 0.886 bits per heavy atom. The van der Waals surface area contributed by atoms with Gasteiger partial charge in [0, 0.05) is 70.9 Å². The smallest absolute Gasteiger partial charge is 0.319 e. The molecule has 8 nitrogen and oxygen atoms in total. The number of nitrogens with one attached hydrogen (secondary N) is 2. The number of nitrogens with zero attached hydrogens (tertiary/aromatic N) is 3. The summed E-state index contributed by atoms with van der Waals surface area (Å²) in [4.78, 5) is 30.5. The molecule has 3 N–H and O–H groups in total. The molecule has 0 aliphatic carbocycles. The van der Waals surface area contributed by atoms with Gasteiger partial charge in [0.2, 0.25) is 5.91 Å². The van der Waals surface area contributed by atoms with Crippen LogP contribution in [0, 0.1) is 0 Å². The lowest BCUT2D eigenvalue weighted by Crippen LogP contribution is -2.52. The Morgan fingerprint density at radius 2 is 1.49 bits per heavy atom. The van der Waals surface area contributed by atoms with E-state index in [1.807, 2.05) is 59.5 Å². The van der Waals surface area contributed by atoms with E-state index in [-0.39, 0.29) is 18.0 Å². The summed E-state index contributed by atoms with van der Waals surface area (Å²) in [5, 5.41) is 16.7. The number of hydrogen-bond acceptors (Lipinski definition) is 5. The van der Waals surface area contributed by atoms with Crippen LogP contribution in [-0.2, 0) is 4.79 Å². The maximum absolute atomic E-state index is 12.7. The number of piperazine rings is 1. The highest BCUT2D eigenvalue weighted by Gasteiger charge is 2.25. The normalized spacial score (nSPS) is 18.7. The summed E-state index contributed by atoms with van der Waals surface area (Å²) < 4.78 is 0. The van der Waals surface area contributed by atoms with E-state index in [0.717, 1.165) is 68.9 Å². The minimum absolute atomic E-state index is 0.118. The van der Waals surface area contributed by atoms with Crippen LogP contribution < -0.4 is 10.6 Å². The monoisotopic (exact) mass is 479 g/mol. The molecule has 188 valence electrons. The minimum Gasteiger partial charge on any atom is -0.390 e. The molecule has 35 heavy (non-hydrogen) atoms. The number of β-amino-alcohol motifs (C(OH)–C–C–N with tert-alkyl or cyclic N) is 1. The van der Waals surface area contributed by atoms with Gasteiger partial charge in [-0.15, -0.1) is 0 Å². The van der Waals surface area contributed by atoms with Crippen LogP contribution >= 0.6 is 0 Å². The second kappa shape index (κ2) is 12.2. The molecule has 0 bridgehead atoms. The molecule has 8 heteroatoms. The van der Waals surface area contributed by atoms with E-state index < -0.39 is 6.10 Å². The van der Waals surface area contributed by atoms with E-state index in [4.69, 9.17) is 0 Å². The SMILES string of the molecule is CC(=O)N1CCN(CC(O)CN2CCC(NC(=O)Nc3ccccc3-c3ccccc3)CC2)CC1. The number of amides is 3. The molecular weight excluding hydrogens is 442 g/mol. The summed E-state index contributed by atoms with van der Waals surface area (Å²) in [7, 11) is 0. The quantitative estimate of drug-likeness (QED) is 0.568. The number of rotatable bonds is 7. The number of aliphatic hydroxyl groups is 1. The lowest BCUT2D eigenvalue weighted by atomic mass is 10.0. The fourth-order valence-electron chi connectivity index (χ4n) is 4.96. The van der Waals surface area contributed by atoms with Crippen molar-refractivity contribution >= 4 is 17.6 Å². The molecule has 3 amide bonds. The van der Waals surface area contributed by atoms with Gasteiger partial charge < -0.3 is 25.5 Å². The molecule has 2 aliphatic rings. The predicted octanol–water partition coefficient (Wildman–Crippen LogP) is 2.46. The third-order valence-corrected chi connectivity index (χ3v) is 6.94. The van der Waals surface area contributed by atoms with Crippen LogP contribution in [-0.4, -0.2) is 96.2 Å². The third kappa shape index (κ3) is 7.27. The summed E-state index contributed by atoms with van der Waals surface area (Å²) in [5.41, 5.74) is 2.85. The number of aliphatic hydroxyl groups excluding tert-OH is 1. The highest BCUT2D eigenvalue weighted by atomic mass is 16.3. The van der Waals surface area contributed by atoms with Gasteiger partial charge in [-0.1, -0.05) is 48.5 Å². The van der Waals surface area contributed by atoms with Gasteiger partial charge in [0.1, 0.15) is 0 Å². The van der Waals surface area contributed by atoms with Crippen molar-refractivity contribution in [3.05, 3.63) is 54.6 Å². The molecule has 1 atom stereocenters. The molecule has 2 aromatic carbocycles. The Morgan fingerprint density at radius 3 is 2.14 bits per heavy atom. The van der Waals surface area contributed by atoms with Crippen molar-refractivity contribution in [2.45, 2.75) is 31.9 Å². The molecule has 2 fully saturated rings. The van der Waals surface area contributed by atoms with E-state index in [1.54, 1.807) is 6.92 Å². The van der Waals surface area contributed by atoms with Gasteiger partial charge in [-0.2, -0.15) is 0 Å². The first-order chi connectivity index (χ1) is 17.0. The zero-order chi connectivity index (χ0) is 24.6. The van der Waals surface area contributed by atoms with Gasteiger partial charge in [-0.25, -0.2) is 4.79 Å². The highest BCUT2D eigenvalue weighted by molar-refractivity contribution is 5.94. The maximum Gasteiger partial charge on any atom is 0.319 e. The average molecular weight is 480 g/mol. The lowest BCUT2D eigenvalue weighted by molar-refractivity contribution is -0.130. The molecule has 0 spiro atoms. The molecule has 4 rings (SSSR count). The van der Waals surface area contributed by atoms with Crippen molar-refractivity contribution in [3.63, 3.8) is 0 Å². The Labute approximate surface area is 207 Å².